The van der Waals surface area contributed by atoms with Crippen molar-refractivity contribution >= 4 is 5.69 Å². The topological polar surface area (TPSA) is 32.7 Å². The molecule has 2 aromatic rings. The summed E-state index contributed by atoms with van der Waals surface area (Å²) in [6, 6.07) is 15.7. The number of aliphatic hydroxyl groups is 1. The Morgan fingerprint density at radius 2 is 1.85 bits per heavy atom. The number of fused-ring (bicyclic) bond motifs is 1. The molecule has 1 aliphatic heterocycles. The molecule has 104 valence electrons. The fraction of sp³-hybridized carbons (Fsp3) is 0.294. The maximum atomic E-state index is 11.3. The fourth-order valence-corrected chi connectivity index (χ4v) is 3.00. The summed E-state index contributed by atoms with van der Waals surface area (Å²) in [5.41, 5.74) is 1.88. The summed E-state index contributed by atoms with van der Waals surface area (Å²) < 4.78 is 5.46. The number of hydrogen-bond donors (Lipinski definition) is 1. The van der Waals surface area contributed by atoms with Gasteiger partial charge in [0.15, 0.2) is 0 Å². The first-order valence-electron chi connectivity index (χ1n) is 6.83. The molecule has 3 heteroatoms. The molecular weight excluding hydrogens is 250 g/mol. The van der Waals surface area contributed by atoms with Crippen LogP contribution in [-0.4, -0.2) is 25.8 Å². The number of methoxy groups -OCH3 is 1. The highest BCUT2D eigenvalue weighted by Gasteiger charge is 2.39. The molecule has 0 radical (unpaired) electrons. The molecule has 0 aromatic heterocycles. The quantitative estimate of drug-likeness (QED) is 0.910. The van der Waals surface area contributed by atoms with Crippen molar-refractivity contribution in [2.75, 3.05) is 25.6 Å². The zero-order chi connectivity index (χ0) is 14.2. The second kappa shape index (κ2) is 4.84. The molecule has 1 heterocycles. The Labute approximate surface area is 119 Å². The van der Waals surface area contributed by atoms with Gasteiger partial charge in [0.25, 0.3) is 0 Å². The van der Waals surface area contributed by atoms with Crippen molar-refractivity contribution in [3.8, 4) is 5.75 Å². The Bertz CT molecular complexity index is 612. The van der Waals surface area contributed by atoms with Crippen molar-refractivity contribution in [2.45, 2.75) is 12.0 Å². The first-order valence-corrected chi connectivity index (χ1v) is 6.83. The predicted molar refractivity (Wildman–Crippen MR) is 80.3 cm³/mol. The van der Waals surface area contributed by atoms with Crippen LogP contribution in [0.4, 0.5) is 5.69 Å². The number of para-hydroxylation sites is 1. The van der Waals surface area contributed by atoms with E-state index in [-0.39, 0.29) is 0 Å². The third-order valence-electron chi connectivity index (χ3n) is 4.11. The lowest BCUT2D eigenvalue weighted by atomic mass is 9.80. The number of anilines is 1. The Morgan fingerprint density at radius 1 is 1.10 bits per heavy atom. The molecule has 1 N–H and O–H groups in total. The van der Waals surface area contributed by atoms with Crippen LogP contribution in [0.3, 0.4) is 0 Å². The maximum absolute atomic E-state index is 11.3. The molecule has 20 heavy (non-hydrogen) atoms. The molecule has 1 aliphatic rings. The Kier molecular flexibility index (Phi) is 3.14. The minimum Gasteiger partial charge on any atom is -0.495 e. The van der Waals surface area contributed by atoms with Gasteiger partial charge in [-0.3, -0.25) is 0 Å². The van der Waals surface area contributed by atoms with Crippen LogP contribution in [0.25, 0.3) is 0 Å². The average Bonchev–Trinajstić information content (AvgIpc) is 2.51. The number of ether oxygens (including phenoxy) is 1. The maximum Gasteiger partial charge on any atom is 0.142 e. The lowest BCUT2D eigenvalue weighted by Crippen LogP contribution is -2.39. The van der Waals surface area contributed by atoms with E-state index in [1.807, 2.05) is 55.6 Å². The molecular formula is C17H19NO2. The van der Waals surface area contributed by atoms with Gasteiger partial charge in [0.1, 0.15) is 11.4 Å². The van der Waals surface area contributed by atoms with E-state index in [0.29, 0.717) is 6.42 Å². The summed E-state index contributed by atoms with van der Waals surface area (Å²) in [7, 11) is 3.70. The highest BCUT2D eigenvalue weighted by molar-refractivity contribution is 5.68. The van der Waals surface area contributed by atoms with Crippen LogP contribution in [-0.2, 0) is 5.60 Å². The smallest absolute Gasteiger partial charge is 0.142 e. The largest absolute Gasteiger partial charge is 0.495 e. The van der Waals surface area contributed by atoms with Crippen LogP contribution in [0.1, 0.15) is 17.5 Å². The zero-order valence-corrected chi connectivity index (χ0v) is 11.8. The third-order valence-corrected chi connectivity index (χ3v) is 4.11. The minimum absolute atomic E-state index is 0.674. The van der Waals surface area contributed by atoms with Crippen molar-refractivity contribution in [2.24, 2.45) is 0 Å². The van der Waals surface area contributed by atoms with E-state index in [9.17, 15) is 5.11 Å². The van der Waals surface area contributed by atoms with E-state index >= 15 is 0 Å². The average molecular weight is 269 g/mol. The van der Waals surface area contributed by atoms with Crippen molar-refractivity contribution in [3.63, 3.8) is 0 Å². The minimum atomic E-state index is -0.947. The van der Waals surface area contributed by atoms with Crippen LogP contribution in [0, 0.1) is 0 Å². The van der Waals surface area contributed by atoms with Crippen molar-refractivity contribution in [3.05, 3.63) is 59.7 Å². The Hall–Kier alpha value is -2.00. The fourth-order valence-electron chi connectivity index (χ4n) is 3.00. The number of rotatable bonds is 2. The molecule has 0 spiro atoms. The number of benzene rings is 2. The second-order valence-corrected chi connectivity index (χ2v) is 5.25. The van der Waals surface area contributed by atoms with E-state index in [2.05, 4.69) is 4.90 Å². The first-order chi connectivity index (χ1) is 9.66. The SMILES string of the molecule is COc1cccc2c1N(C)CC[C@]2(O)c1ccccc1. The molecule has 0 unspecified atom stereocenters. The normalized spacial score (nSPS) is 21.4. The second-order valence-electron chi connectivity index (χ2n) is 5.25. The van der Waals surface area contributed by atoms with Crippen LogP contribution >= 0.6 is 0 Å². The van der Waals surface area contributed by atoms with Gasteiger partial charge in [-0.05, 0) is 11.6 Å². The number of nitrogens with zero attached hydrogens (tertiary/aromatic N) is 1. The van der Waals surface area contributed by atoms with Gasteiger partial charge in [-0.1, -0.05) is 42.5 Å². The predicted octanol–water partition coefficient (Wildman–Crippen LogP) is 2.77. The van der Waals surface area contributed by atoms with Crippen LogP contribution in [0.5, 0.6) is 5.75 Å². The molecule has 0 amide bonds. The number of hydrogen-bond acceptors (Lipinski definition) is 3. The highest BCUT2D eigenvalue weighted by atomic mass is 16.5. The first kappa shape index (κ1) is 13.0. The van der Waals surface area contributed by atoms with Crippen LogP contribution in [0.2, 0.25) is 0 Å². The van der Waals surface area contributed by atoms with E-state index in [4.69, 9.17) is 4.74 Å². The molecule has 0 saturated carbocycles. The highest BCUT2D eigenvalue weighted by Crippen LogP contribution is 2.46. The zero-order valence-electron chi connectivity index (χ0n) is 11.8. The summed E-state index contributed by atoms with van der Waals surface area (Å²) >= 11 is 0. The van der Waals surface area contributed by atoms with Gasteiger partial charge in [0, 0.05) is 25.6 Å². The Balaban J connectivity index is 2.21. The molecule has 0 bridgehead atoms. The van der Waals surface area contributed by atoms with Gasteiger partial charge < -0.3 is 14.7 Å². The lowest BCUT2D eigenvalue weighted by Gasteiger charge is -2.40. The summed E-state index contributed by atoms with van der Waals surface area (Å²) in [5.74, 6) is 0.805. The monoisotopic (exact) mass is 269 g/mol. The van der Waals surface area contributed by atoms with E-state index in [1.54, 1.807) is 7.11 Å². The van der Waals surface area contributed by atoms with Gasteiger partial charge in [-0.2, -0.15) is 0 Å². The van der Waals surface area contributed by atoms with E-state index in [0.717, 1.165) is 29.1 Å². The van der Waals surface area contributed by atoms with Crippen molar-refractivity contribution in [1.29, 1.82) is 0 Å². The molecule has 2 aromatic carbocycles. The van der Waals surface area contributed by atoms with Gasteiger partial charge in [-0.25, -0.2) is 0 Å². The molecule has 0 aliphatic carbocycles. The van der Waals surface area contributed by atoms with E-state index in [1.165, 1.54) is 0 Å². The summed E-state index contributed by atoms with van der Waals surface area (Å²) in [6.45, 7) is 0.790. The lowest BCUT2D eigenvalue weighted by molar-refractivity contribution is 0.0688. The van der Waals surface area contributed by atoms with E-state index < -0.39 is 5.60 Å². The van der Waals surface area contributed by atoms with Crippen LogP contribution < -0.4 is 9.64 Å². The summed E-state index contributed by atoms with van der Waals surface area (Å²) in [5, 5.41) is 11.3. The van der Waals surface area contributed by atoms with Crippen LogP contribution in [0.15, 0.2) is 48.5 Å². The summed E-state index contributed by atoms with van der Waals surface area (Å²) in [4.78, 5) is 2.14. The van der Waals surface area contributed by atoms with Gasteiger partial charge in [0.2, 0.25) is 0 Å². The molecule has 3 nitrogen and oxygen atoms in total. The molecule has 1 atom stereocenters. The van der Waals surface area contributed by atoms with Crippen molar-refractivity contribution < 1.29 is 9.84 Å². The molecule has 0 fully saturated rings. The third kappa shape index (κ3) is 1.86. The molecule has 3 rings (SSSR count). The standard InChI is InChI=1S/C17H19NO2/c1-18-12-11-17(19,13-7-4-3-5-8-13)14-9-6-10-15(20-2)16(14)18/h3-10,19H,11-12H2,1-2H3/t17-/m0/s1. The van der Waals surface area contributed by atoms with Gasteiger partial charge in [-0.15, -0.1) is 0 Å². The van der Waals surface area contributed by atoms with Gasteiger partial charge in [0.05, 0.1) is 12.8 Å². The van der Waals surface area contributed by atoms with Gasteiger partial charge >= 0.3 is 0 Å². The summed E-state index contributed by atoms with van der Waals surface area (Å²) in [6.07, 6.45) is 0.674. The van der Waals surface area contributed by atoms with Crippen molar-refractivity contribution in [1.82, 2.24) is 0 Å². The Morgan fingerprint density at radius 3 is 2.55 bits per heavy atom. The molecule has 0 saturated heterocycles.